The number of hydrogen-bond acceptors (Lipinski definition) is 3. The Morgan fingerprint density at radius 1 is 1.33 bits per heavy atom. The Kier molecular flexibility index (Phi) is 1.89. The zero-order chi connectivity index (χ0) is 11.0. The smallest absolute Gasteiger partial charge is 0.415 e. The Hall–Kier alpha value is -2.37. The first-order chi connectivity index (χ1) is 7.08. The fourth-order valence-corrected chi connectivity index (χ4v) is 1.25. The van der Waals surface area contributed by atoms with E-state index in [0.29, 0.717) is 11.3 Å². The van der Waals surface area contributed by atoms with Crippen molar-refractivity contribution >= 4 is 12.1 Å². The zero-order valence-electron chi connectivity index (χ0n) is 7.41. The number of pyridine rings is 1. The monoisotopic (exact) mass is 206 g/mol. The molecule has 0 saturated heterocycles. The average Bonchev–Trinajstić information content (AvgIpc) is 2.59. The lowest BCUT2D eigenvalue weighted by molar-refractivity contribution is 0.0691. The molecule has 0 atom stereocenters. The second-order valence-corrected chi connectivity index (χ2v) is 2.92. The molecule has 2 rings (SSSR count). The SMILES string of the molecule is O=C(O)c1cc2ccn(C(=O)O)cc-2n1. The Labute approximate surface area is 83.7 Å². The van der Waals surface area contributed by atoms with Gasteiger partial charge in [-0.15, -0.1) is 0 Å². The van der Waals surface area contributed by atoms with E-state index in [9.17, 15) is 9.59 Å². The van der Waals surface area contributed by atoms with Crippen LogP contribution in [0.5, 0.6) is 0 Å². The van der Waals surface area contributed by atoms with Crippen molar-refractivity contribution in [1.29, 1.82) is 0 Å². The van der Waals surface area contributed by atoms with Crippen LogP contribution in [0.1, 0.15) is 10.5 Å². The lowest BCUT2D eigenvalue weighted by Gasteiger charge is -2.01. The molecular formula is C9H6N2O4. The highest BCUT2D eigenvalue weighted by Crippen LogP contribution is 2.21. The number of carboxylic acids is 1. The highest BCUT2D eigenvalue weighted by Gasteiger charge is 2.14. The average molecular weight is 206 g/mol. The first-order valence-corrected chi connectivity index (χ1v) is 4.03. The molecule has 0 spiro atoms. The zero-order valence-corrected chi connectivity index (χ0v) is 7.41. The maximum atomic E-state index is 10.6. The standard InChI is InChI=1S/C9H6N2O4/c12-8(13)6-3-5-1-2-11(9(14)15)4-7(5)10-6/h1-4H,(H,12,13)(H,14,15). The minimum absolute atomic E-state index is 0.0897. The fourth-order valence-electron chi connectivity index (χ4n) is 1.25. The third kappa shape index (κ3) is 1.52. The van der Waals surface area contributed by atoms with Gasteiger partial charge in [-0.1, -0.05) is 0 Å². The highest BCUT2D eigenvalue weighted by atomic mass is 16.4. The third-order valence-corrected chi connectivity index (χ3v) is 1.94. The highest BCUT2D eigenvalue weighted by molar-refractivity contribution is 5.89. The van der Waals surface area contributed by atoms with Gasteiger partial charge in [0.1, 0.15) is 5.69 Å². The van der Waals surface area contributed by atoms with E-state index in [4.69, 9.17) is 10.2 Å². The molecule has 0 radical (unpaired) electrons. The summed E-state index contributed by atoms with van der Waals surface area (Å²) >= 11 is 0. The summed E-state index contributed by atoms with van der Waals surface area (Å²) in [5.41, 5.74) is 0.857. The molecule has 76 valence electrons. The predicted molar refractivity (Wildman–Crippen MR) is 49.2 cm³/mol. The Balaban J connectivity index is 2.58. The van der Waals surface area contributed by atoms with Gasteiger partial charge in [-0.05, 0) is 12.1 Å². The van der Waals surface area contributed by atoms with Crippen molar-refractivity contribution in [1.82, 2.24) is 9.55 Å². The van der Waals surface area contributed by atoms with Crippen LogP contribution in [0.4, 0.5) is 4.79 Å². The van der Waals surface area contributed by atoms with E-state index in [2.05, 4.69) is 4.98 Å². The molecule has 0 aromatic carbocycles. The van der Waals surface area contributed by atoms with Gasteiger partial charge >= 0.3 is 12.1 Å². The van der Waals surface area contributed by atoms with Gasteiger partial charge in [0.05, 0.1) is 5.69 Å². The predicted octanol–water partition coefficient (Wildman–Crippen LogP) is 1.21. The van der Waals surface area contributed by atoms with Crippen LogP contribution in [0, 0.1) is 0 Å². The van der Waals surface area contributed by atoms with Crippen LogP contribution in [0.3, 0.4) is 0 Å². The van der Waals surface area contributed by atoms with Crippen molar-refractivity contribution in [3.05, 3.63) is 30.2 Å². The Bertz CT molecular complexity index is 505. The number of nitrogens with zero attached hydrogens (tertiary/aromatic N) is 2. The number of fused-ring (bicyclic) bond motifs is 1. The van der Waals surface area contributed by atoms with Gasteiger partial charge in [0, 0.05) is 18.0 Å². The summed E-state index contributed by atoms with van der Waals surface area (Å²) in [6, 6.07) is 2.90. The van der Waals surface area contributed by atoms with E-state index in [1.54, 1.807) is 0 Å². The molecule has 0 aromatic rings. The molecule has 2 heterocycles. The molecule has 0 fully saturated rings. The summed E-state index contributed by atoms with van der Waals surface area (Å²) in [4.78, 5) is 25.0. The Morgan fingerprint density at radius 2 is 2.07 bits per heavy atom. The van der Waals surface area contributed by atoms with E-state index in [1.807, 2.05) is 0 Å². The second-order valence-electron chi connectivity index (χ2n) is 2.92. The van der Waals surface area contributed by atoms with Gasteiger partial charge in [0.15, 0.2) is 0 Å². The van der Waals surface area contributed by atoms with Crippen molar-refractivity contribution < 1.29 is 19.8 Å². The van der Waals surface area contributed by atoms with Crippen molar-refractivity contribution in [3.63, 3.8) is 0 Å². The minimum atomic E-state index is -1.14. The topological polar surface area (TPSA) is 92.4 Å². The summed E-state index contributed by atoms with van der Waals surface area (Å²) in [5.74, 6) is -1.13. The molecule has 2 N–H and O–H groups in total. The first-order valence-electron chi connectivity index (χ1n) is 4.03. The van der Waals surface area contributed by atoms with Crippen molar-refractivity contribution in [3.8, 4) is 11.3 Å². The summed E-state index contributed by atoms with van der Waals surface area (Å²) in [6.45, 7) is 0. The van der Waals surface area contributed by atoms with Gasteiger partial charge in [0.25, 0.3) is 0 Å². The molecule has 6 nitrogen and oxygen atoms in total. The number of carboxylic acid groups (broad SMARTS) is 2. The largest absolute Gasteiger partial charge is 0.477 e. The van der Waals surface area contributed by atoms with E-state index in [-0.39, 0.29) is 5.69 Å². The molecule has 0 unspecified atom stereocenters. The van der Waals surface area contributed by atoms with Crippen LogP contribution in [0.25, 0.3) is 11.3 Å². The van der Waals surface area contributed by atoms with Gasteiger partial charge in [-0.25, -0.2) is 14.6 Å². The van der Waals surface area contributed by atoms with Crippen LogP contribution in [-0.4, -0.2) is 31.8 Å². The molecule has 0 amide bonds. The molecule has 2 aliphatic rings. The number of aromatic carboxylic acids is 1. The Morgan fingerprint density at radius 3 is 2.67 bits per heavy atom. The fraction of sp³-hybridized carbons (Fsp3) is 0. The van der Waals surface area contributed by atoms with Crippen LogP contribution in [0.2, 0.25) is 0 Å². The number of carbonyl (C=O) groups is 2. The molecule has 15 heavy (non-hydrogen) atoms. The van der Waals surface area contributed by atoms with Gasteiger partial charge in [-0.3, -0.25) is 4.57 Å². The molecule has 2 aliphatic heterocycles. The summed E-state index contributed by atoms with van der Waals surface area (Å²) < 4.78 is 0.918. The van der Waals surface area contributed by atoms with E-state index in [1.165, 1.54) is 24.5 Å². The summed E-state index contributed by atoms with van der Waals surface area (Å²) in [6.07, 6.45) is 1.46. The quantitative estimate of drug-likeness (QED) is 0.731. The minimum Gasteiger partial charge on any atom is -0.477 e. The van der Waals surface area contributed by atoms with Crippen LogP contribution >= 0.6 is 0 Å². The molecule has 0 aliphatic carbocycles. The number of aromatic nitrogens is 2. The van der Waals surface area contributed by atoms with Crippen molar-refractivity contribution in [2.75, 3.05) is 0 Å². The molecular weight excluding hydrogens is 200 g/mol. The third-order valence-electron chi connectivity index (χ3n) is 1.94. The maximum Gasteiger partial charge on any atom is 0.415 e. The normalized spacial score (nSPS) is 10.4. The van der Waals surface area contributed by atoms with Crippen LogP contribution in [-0.2, 0) is 0 Å². The van der Waals surface area contributed by atoms with Gasteiger partial charge in [-0.2, -0.15) is 0 Å². The van der Waals surface area contributed by atoms with Gasteiger partial charge < -0.3 is 10.2 Å². The van der Waals surface area contributed by atoms with E-state index in [0.717, 1.165) is 4.57 Å². The first kappa shape index (κ1) is 9.20. The van der Waals surface area contributed by atoms with E-state index >= 15 is 0 Å². The lowest BCUT2D eigenvalue weighted by atomic mass is 10.2. The van der Waals surface area contributed by atoms with Crippen LogP contribution in [0.15, 0.2) is 24.5 Å². The molecule has 6 heteroatoms. The van der Waals surface area contributed by atoms with Crippen molar-refractivity contribution in [2.45, 2.75) is 0 Å². The number of hydrogen-bond donors (Lipinski definition) is 2. The lowest BCUT2D eigenvalue weighted by Crippen LogP contribution is -2.07. The maximum absolute atomic E-state index is 10.6. The van der Waals surface area contributed by atoms with E-state index < -0.39 is 12.1 Å². The van der Waals surface area contributed by atoms with Crippen molar-refractivity contribution in [2.24, 2.45) is 0 Å². The molecule has 0 saturated carbocycles. The number of rotatable bonds is 1. The second kappa shape index (κ2) is 3.09. The summed E-state index contributed by atoms with van der Waals surface area (Å²) in [5, 5.41) is 17.4. The van der Waals surface area contributed by atoms with Crippen LogP contribution < -0.4 is 0 Å². The molecule has 0 aromatic heterocycles. The molecule has 0 bridgehead atoms. The van der Waals surface area contributed by atoms with Gasteiger partial charge in [0.2, 0.25) is 0 Å². The summed E-state index contributed by atoms with van der Waals surface area (Å²) in [7, 11) is 0.